The maximum atomic E-state index is 12.7. The summed E-state index contributed by atoms with van der Waals surface area (Å²) in [5.74, 6) is -0.841. The number of hydrogen-bond acceptors (Lipinski definition) is 3. The molecule has 0 saturated carbocycles. The van der Waals surface area contributed by atoms with Gasteiger partial charge in [0.1, 0.15) is 17.5 Å². The van der Waals surface area contributed by atoms with Crippen LogP contribution in [0.25, 0.3) is 0 Å². The molecule has 1 aliphatic rings. The predicted octanol–water partition coefficient (Wildman–Crippen LogP) is 2.27. The second-order valence-electron chi connectivity index (χ2n) is 4.36. The molecule has 0 unspecified atom stereocenters. The summed E-state index contributed by atoms with van der Waals surface area (Å²) in [6.07, 6.45) is 3.75. The van der Waals surface area contributed by atoms with Gasteiger partial charge in [-0.2, -0.15) is 5.26 Å². The Bertz CT molecular complexity index is 525. The molecule has 4 nitrogen and oxygen atoms in total. The van der Waals surface area contributed by atoms with Crippen LogP contribution >= 0.6 is 0 Å². The number of carbonyl (C=O) groups excluding carboxylic acids is 1. The highest BCUT2D eigenvalue weighted by molar-refractivity contribution is 6.06. The van der Waals surface area contributed by atoms with E-state index in [1.165, 1.54) is 24.3 Å². The minimum atomic E-state index is -0.471. The summed E-state index contributed by atoms with van der Waals surface area (Å²) in [6, 6.07) is 7.32. The second kappa shape index (κ2) is 6.01. The van der Waals surface area contributed by atoms with E-state index in [0.29, 0.717) is 5.69 Å². The maximum absolute atomic E-state index is 12.7. The molecule has 5 heteroatoms. The highest BCUT2D eigenvalue weighted by Gasteiger charge is 2.14. The average molecular weight is 259 g/mol. The fourth-order valence-electron chi connectivity index (χ4n) is 1.92. The molecule has 0 aromatic heterocycles. The Hall–Kier alpha value is -2.35. The standard InChI is InChI=1S/C14H14FN3O/c15-12-3-5-13(6-4-12)17-14(19)11(9-16)10-18-7-1-2-8-18/h3-6,10H,1-2,7-8H2,(H,17,19)/b11-10-. The zero-order chi connectivity index (χ0) is 13.7. The first kappa shape index (κ1) is 13.1. The first-order valence-electron chi connectivity index (χ1n) is 6.12. The lowest BCUT2D eigenvalue weighted by molar-refractivity contribution is -0.112. The SMILES string of the molecule is N#C/C(=C/N1CCCC1)C(=O)Nc1ccc(F)cc1. The number of likely N-dealkylation sites (tertiary alicyclic amines) is 1. The third-order valence-electron chi connectivity index (χ3n) is 2.92. The molecule has 19 heavy (non-hydrogen) atoms. The van der Waals surface area contributed by atoms with Gasteiger partial charge in [0.15, 0.2) is 0 Å². The van der Waals surface area contributed by atoms with Crippen molar-refractivity contribution in [2.75, 3.05) is 18.4 Å². The molecule has 0 atom stereocenters. The third-order valence-corrected chi connectivity index (χ3v) is 2.92. The number of nitrogens with zero attached hydrogens (tertiary/aromatic N) is 2. The molecule has 1 N–H and O–H groups in total. The summed E-state index contributed by atoms with van der Waals surface area (Å²) < 4.78 is 12.7. The molecule has 2 rings (SSSR count). The summed E-state index contributed by atoms with van der Waals surface area (Å²) >= 11 is 0. The number of amides is 1. The van der Waals surface area contributed by atoms with Crippen LogP contribution in [0, 0.1) is 17.1 Å². The van der Waals surface area contributed by atoms with E-state index in [9.17, 15) is 9.18 Å². The lowest BCUT2D eigenvalue weighted by Crippen LogP contribution is -2.18. The Morgan fingerprint density at radius 3 is 2.53 bits per heavy atom. The molecule has 98 valence electrons. The Balaban J connectivity index is 2.04. The van der Waals surface area contributed by atoms with Crippen molar-refractivity contribution in [2.45, 2.75) is 12.8 Å². The van der Waals surface area contributed by atoms with Gasteiger partial charge in [-0.1, -0.05) is 0 Å². The smallest absolute Gasteiger partial charge is 0.267 e. The Labute approximate surface area is 111 Å². The number of carbonyl (C=O) groups is 1. The Morgan fingerprint density at radius 1 is 1.32 bits per heavy atom. The van der Waals surface area contributed by atoms with Crippen LogP contribution < -0.4 is 5.32 Å². The van der Waals surface area contributed by atoms with Crippen molar-refractivity contribution in [3.63, 3.8) is 0 Å². The molecular formula is C14H14FN3O. The molecule has 1 amide bonds. The molecule has 1 heterocycles. The molecule has 1 aromatic rings. The van der Waals surface area contributed by atoms with E-state index in [4.69, 9.17) is 5.26 Å². The maximum Gasteiger partial charge on any atom is 0.267 e. The van der Waals surface area contributed by atoms with Crippen molar-refractivity contribution in [1.29, 1.82) is 5.26 Å². The topological polar surface area (TPSA) is 56.1 Å². The van der Waals surface area contributed by atoms with Crippen LogP contribution in [0.2, 0.25) is 0 Å². The van der Waals surface area contributed by atoms with Gasteiger partial charge in [0, 0.05) is 25.0 Å². The first-order chi connectivity index (χ1) is 9.19. The van der Waals surface area contributed by atoms with Crippen molar-refractivity contribution in [3.8, 4) is 6.07 Å². The van der Waals surface area contributed by atoms with Crippen LogP contribution in [0.3, 0.4) is 0 Å². The Kier molecular flexibility index (Phi) is 4.14. The average Bonchev–Trinajstić information content (AvgIpc) is 2.91. The monoisotopic (exact) mass is 259 g/mol. The minimum Gasteiger partial charge on any atom is -0.376 e. The summed E-state index contributed by atoms with van der Waals surface area (Å²) in [7, 11) is 0. The second-order valence-corrected chi connectivity index (χ2v) is 4.36. The molecule has 0 spiro atoms. The highest BCUT2D eigenvalue weighted by Crippen LogP contribution is 2.12. The molecule has 0 bridgehead atoms. The van der Waals surface area contributed by atoms with E-state index in [1.807, 2.05) is 11.0 Å². The van der Waals surface area contributed by atoms with E-state index in [1.54, 1.807) is 6.20 Å². The molecule has 0 radical (unpaired) electrons. The zero-order valence-electron chi connectivity index (χ0n) is 10.4. The quantitative estimate of drug-likeness (QED) is 0.669. The largest absolute Gasteiger partial charge is 0.376 e. The molecule has 1 aromatic carbocycles. The van der Waals surface area contributed by atoms with Crippen LogP contribution in [0.5, 0.6) is 0 Å². The van der Waals surface area contributed by atoms with Crippen molar-refractivity contribution in [3.05, 3.63) is 41.9 Å². The molecule has 1 aliphatic heterocycles. The number of anilines is 1. The van der Waals surface area contributed by atoms with Gasteiger partial charge in [0.05, 0.1) is 0 Å². The van der Waals surface area contributed by atoms with Gasteiger partial charge < -0.3 is 10.2 Å². The van der Waals surface area contributed by atoms with Gasteiger partial charge >= 0.3 is 0 Å². The molecule has 1 saturated heterocycles. The highest BCUT2D eigenvalue weighted by atomic mass is 19.1. The number of halogens is 1. The van der Waals surface area contributed by atoms with Crippen LogP contribution in [-0.4, -0.2) is 23.9 Å². The van der Waals surface area contributed by atoms with Gasteiger partial charge in [-0.3, -0.25) is 4.79 Å². The number of rotatable bonds is 3. The zero-order valence-corrected chi connectivity index (χ0v) is 10.4. The van der Waals surface area contributed by atoms with E-state index in [-0.39, 0.29) is 11.4 Å². The van der Waals surface area contributed by atoms with Crippen LogP contribution in [0.4, 0.5) is 10.1 Å². The van der Waals surface area contributed by atoms with Crippen LogP contribution in [0.1, 0.15) is 12.8 Å². The van der Waals surface area contributed by atoms with Gasteiger partial charge in [-0.05, 0) is 37.1 Å². The lowest BCUT2D eigenvalue weighted by Gasteiger charge is -2.12. The normalized spacial score (nSPS) is 15.2. The number of benzene rings is 1. The van der Waals surface area contributed by atoms with E-state index < -0.39 is 5.91 Å². The van der Waals surface area contributed by atoms with E-state index in [0.717, 1.165) is 25.9 Å². The van der Waals surface area contributed by atoms with Crippen LogP contribution in [0.15, 0.2) is 36.0 Å². The predicted molar refractivity (Wildman–Crippen MR) is 69.5 cm³/mol. The fraction of sp³-hybridized carbons (Fsp3) is 0.286. The molecule has 1 fully saturated rings. The summed E-state index contributed by atoms with van der Waals surface area (Å²) in [5, 5.41) is 11.6. The van der Waals surface area contributed by atoms with Gasteiger partial charge in [0.25, 0.3) is 5.91 Å². The lowest BCUT2D eigenvalue weighted by atomic mass is 10.2. The summed E-state index contributed by atoms with van der Waals surface area (Å²) in [6.45, 7) is 1.74. The van der Waals surface area contributed by atoms with Gasteiger partial charge in [-0.25, -0.2) is 4.39 Å². The van der Waals surface area contributed by atoms with Crippen molar-refractivity contribution >= 4 is 11.6 Å². The number of hydrogen-bond donors (Lipinski definition) is 1. The van der Waals surface area contributed by atoms with Gasteiger partial charge in [-0.15, -0.1) is 0 Å². The Morgan fingerprint density at radius 2 is 1.95 bits per heavy atom. The first-order valence-corrected chi connectivity index (χ1v) is 6.12. The third kappa shape index (κ3) is 3.55. The number of nitrogens with one attached hydrogen (secondary N) is 1. The molecular weight excluding hydrogens is 245 g/mol. The van der Waals surface area contributed by atoms with Crippen molar-refractivity contribution in [1.82, 2.24) is 4.90 Å². The van der Waals surface area contributed by atoms with Crippen molar-refractivity contribution in [2.24, 2.45) is 0 Å². The van der Waals surface area contributed by atoms with Crippen LogP contribution in [-0.2, 0) is 4.79 Å². The summed E-state index contributed by atoms with van der Waals surface area (Å²) in [4.78, 5) is 13.9. The van der Waals surface area contributed by atoms with Crippen molar-refractivity contribution < 1.29 is 9.18 Å². The van der Waals surface area contributed by atoms with Gasteiger partial charge in [0.2, 0.25) is 0 Å². The fourth-order valence-corrected chi connectivity index (χ4v) is 1.92. The van der Waals surface area contributed by atoms with E-state index >= 15 is 0 Å². The molecule has 0 aliphatic carbocycles. The van der Waals surface area contributed by atoms with E-state index in [2.05, 4.69) is 5.32 Å². The minimum absolute atomic E-state index is 0.0613. The number of nitriles is 1. The summed E-state index contributed by atoms with van der Waals surface area (Å²) in [5.41, 5.74) is 0.528.